The van der Waals surface area contributed by atoms with E-state index in [0.717, 1.165) is 0 Å². The summed E-state index contributed by atoms with van der Waals surface area (Å²) in [6.07, 6.45) is 1.44. The monoisotopic (exact) mass is 332 g/mol. The Hall–Kier alpha value is -3.03. The first-order valence-electron chi connectivity index (χ1n) is 7.51. The van der Waals surface area contributed by atoms with E-state index in [1.165, 1.54) is 13.3 Å². The fraction of sp³-hybridized carbons (Fsp3) is 0.312. The van der Waals surface area contributed by atoms with E-state index in [1.807, 2.05) is 19.9 Å². The van der Waals surface area contributed by atoms with Crippen LogP contribution in [-0.2, 0) is 0 Å². The van der Waals surface area contributed by atoms with Gasteiger partial charge in [0.1, 0.15) is 11.4 Å². The van der Waals surface area contributed by atoms with Crippen molar-refractivity contribution < 1.29 is 19.0 Å². The average molecular weight is 332 g/mol. The lowest BCUT2D eigenvalue weighted by molar-refractivity contribution is 0.261. The van der Waals surface area contributed by atoms with Crippen LogP contribution in [0, 0.1) is 0 Å². The Labute approximate surface area is 140 Å². The first kappa shape index (κ1) is 17.3. The molecule has 128 valence electrons. The van der Waals surface area contributed by atoms with Gasteiger partial charge in [0.05, 0.1) is 32.2 Å². The summed E-state index contributed by atoms with van der Waals surface area (Å²) in [5.41, 5.74) is 0.884. The summed E-state index contributed by atoms with van der Waals surface area (Å²) in [6, 6.07) is 6.82. The number of nitrogens with one attached hydrogen (secondary N) is 2. The van der Waals surface area contributed by atoms with E-state index in [1.54, 1.807) is 18.2 Å². The minimum atomic E-state index is -0.465. The van der Waals surface area contributed by atoms with Crippen LogP contribution in [-0.4, -0.2) is 36.3 Å². The van der Waals surface area contributed by atoms with Gasteiger partial charge in [-0.05, 0) is 26.0 Å². The van der Waals surface area contributed by atoms with Gasteiger partial charge in [-0.1, -0.05) is 12.1 Å². The third kappa shape index (κ3) is 4.48. The second-order valence-corrected chi connectivity index (χ2v) is 4.52. The predicted molar refractivity (Wildman–Crippen MR) is 90.0 cm³/mol. The number of urea groups is 1. The third-order valence-corrected chi connectivity index (χ3v) is 2.89. The highest BCUT2D eigenvalue weighted by atomic mass is 16.5. The molecule has 8 heteroatoms. The van der Waals surface area contributed by atoms with E-state index in [4.69, 9.17) is 14.2 Å². The predicted octanol–water partition coefficient (Wildman–Crippen LogP) is 2.93. The Balaban J connectivity index is 2.13. The third-order valence-electron chi connectivity index (χ3n) is 2.89. The minimum Gasteiger partial charge on any atom is -0.495 e. The zero-order valence-corrected chi connectivity index (χ0v) is 13.8. The van der Waals surface area contributed by atoms with Gasteiger partial charge in [-0.3, -0.25) is 0 Å². The molecule has 0 unspecified atom stereocenters. The Morgan fingerprint density at radius 1 is 1.08 bits per heavy atom. The van der Waals surface area contributed by atoms with Crippen molar-refractivity contribution in [3.05, 3.63) is 30.5 Å². The molecule has 0 spiro atoms. The largest absolute Gasteiger partial charge is 0.495 e. The molecule has 0 aliphatic heterocycles. The zero-order valence-electron chi connectivity index (χ0n) is 13.8. The van der Waals surface area contributed by atoms with Crippen molar-refractivity contribution in [2.24, 2.45) is 0 Å². The standard InChI is InChI=1S/C16H20N4O4/c1-4-23-14-12(10-17-16(20-14)24-5-2)19-15(21)18-11-8-6-7-9-13(11)22-3/h6-10H,4-5H2,1-3H3,(H2,18,19,21). The molecule has 0 radical (unpaired) electrons. The number of amides is 2. The lowest BCUT2D eigenvalue weighted by Crippen LogP contribution is -2.21. The molecule has 2 aromatic rings. The number of carbonyl (C=O) groups is 1. The molecule has 0 saturated heterocycles. The summed E-state index contributed by atoms with van der Waals surface area (Å²) in [6.45, 7) is 4.48. The van der Waals surface area contributed by atoms with Crippen LogP contribution in [0.4, 0.5) is 16.2 Å². The van der Waals surface area contributed by atoms with E-state index in [2.05, 4.69) is 20.6 Å². The molecule has 0 saturated carbocycles. The molecular weight excluding hydrogens is 312 g/mol. The van der Waals surface area contributed by atoms with Gasteiger partial charge in [-0.25, -0.2) is 9.78 Å². The van der Waals surface area contributed by atoms with Crippen LogP contribution in [0.15, 0.2) is 30.5 Å². The van der Waals surface area contributed by atoms with Gasteiger partial charge >= 0.3 is 12.0 Å². The maximum atomic E-state index is 12.2. The summed E-state index contributed by atoms with van der Waals surface area (Å²) in [5, 5.41) is 5.35. The van der Waals surface area contributed by atoms with E-state index in [9.17, 15) is 4.79 Å². The number of ether oxygens (including phenoxy) is 3. The van der Waals surface area contributed by atoms with Crippen LogP contribution >= 0.6 is 0 Å². The van der Waals surface area contributed by atoms with Gasteiger partial charge in [-0.15, -0.1) is 0 Å². The average Bonchev–Trinajstić information content (AvgIpc) is 2.58. The van der Waals surface area contributed by atoms with Gasteiger partial charge in [0.2, 0.25) is 5.88 Å². The van der Waals surface area contributed by atoms with Crippen LogP contribution in [0.25, 0.3) is 0 Å². The normalized spacial score (nSPS) is 9.96. The smallest absolute Gasteiger partial charge is 0.323 e. The highest BCUT2D eigenvalue weighted by Crippen LogP contribution is 2.25. The molecule has 0 aliphatic carbocycles. The molecule has 1 heterocycles. The molecule has 2 amide bonds. The van der Waals surface area contributed by atoms with Gasteiger partial charge in [-0.2, -0.15) is 4.98 Å². The lowest BCUT2D eigenvalue weighted by Gasteiger charge is -2.13. The Morgan fingerprint density at radius 2 is 1.79 bits per heavy atom. The van der Waals surface area contributed by atoms with Gasteiger partial charge in [0.25, 0.3) is 0 Å². The SMILES string of the molecule is CCOc1ncc(NC(=O)Nc2ccccc2OC)c(OCC)n1. The fourth-order valence-corrected chi connectivity index (χ4v) is 1.91. The summed E-state index contributed by atoms with van der Waals surface area (Å²) >= 11 is 0. The summed E-state index contributed by atoms with van der Waals surface area (Å²) in [4.78, 5) is 20.3. The second-order valence-electron chi connectivity index (χ2n) is 4.52. The first-order chi connectivity index (χ1) is 11.7. The maximum absolute atomic E-state index is 12.2. The number of hydrogen-bond acceptors (Lipinski definition) is 6. The van der Waals surface area contributed by atoms with Crippen molar-refractivity contribution in [2.75, 3.05) is 31.0 Å². The first-order valence-corrected chi connectivity index (χ1v) is 7.51. The molecule has 0 aliphatic rings. The lowest BCUT2D eigenvalue weighted by atomic mass is 10.3. The van der Waals surface area contributed by atoms with E-state index in [0.29, 0.717) is 30.3 Å². The van der Waals surface area contributed by atoms with Crippen LogP contribution in [0.2, 0.25) is 0 Å². The van der Waals surface area contributed by atoms with E-state index < -0.39 is 6.03 Å². The summed E-state index contributed by atoms with van der Waals surface area (Å²) in [7, 11) is 1.53. The Morgan fingerprint density at radius 3 is 2.50 bits per heavy atom. The highest BCUT2D eigenvalue weighted by molar-refractivity contribution is 6.01. The zero-order chi connectivity index (χ0) is 17.4. The van der Waals surface area contributed by atoms with Crippen LogP contribution in [0.3, 0.4) is 0 Å². The molecule has 1 aromatic heterocycles. The molecule has 2 N–H and O–H groups in total. The quantitative estimate of drug-likeness (QED) is 0.809. The molecule has 1 aromatic carbocycles. The number of anilines is 2. The number of nitrogens with zero attached hydrogens (tertiary/aromatic N) is 2. The molecule has 0 atom stereocenters. The van der Waals surface area contributed by atoms with Gasteiger partial charge in [0.15, 0.2) is 0 Å². The van der Waals surface area contributed by atoms with E-state index in [-0.39, 0.29) is 11.9 Å². The van der Waals surface area contributed by atoms with Crippen molar-refractivity contribution >= 4 is 17.4 Å². The summed E-state index contributed by atoms with van der Waals surface area (Å²) < 4.78 is 15.8. The molecular formula is C16H20N4O4. The number of methoxy groups -OCH3 is 1. The van der Waals surface area contributed by atoms with Crippen molar-refractivity contribution in [3.8, 4) is 17.6 Å². The Bertz CT molecular complexity index is 694. The van der Waals surface area contributed by atoms with Crippen LogP contribution < -0.4 is 24.8 Å². The topological polar surface area (TPSA) is 94.6 Å². The van der Waals surface area contributed by atoms with Crippen molar-refractivity contribution in [1.29, 1.82) is 0 Å². The van der Waals surface area contributed by atoms with Crippen molar-refractivity contribution in [1.82, 2.24) is 9.97 Å². The number of hydrogen-bond donors (Lipinski definition) is 2. The summed E-state index contributed by atoms with van der Waals surface area (Å²) in [5.74, 6) is 0.798. The number of rotatable bonds is 7. The fourth-order valence-electron chi connectivity index (χ4n) is 1.91. The minimum absolute atomic E-state index is 0.191. The molecule has 0 fully saturated rings. The molecule has 0 bridgehead atoms. The van der Waals surface area contributed by atoms with Crippen molar-refractivity contribution in [3.63, 3.8) is 0 Å². The van der Waals surface area contributed by atoms with E-state index >= 15 is 0 Å². The number of carbonyl (C=O) groups excluding carboxylic acids is 1. The number of aromatic nitrogens is 2. The van der Waals surface area contributed by atoms with Crippen molar-refractivity contribution in [2.45, 2.75) is 13.8 Å². The number of para-hydroxylation sites is 2. The molecule has 8 nitrogen and oxygen atoms in total. The number of benzene rings is 1. The highest BCUT2D eigenvalue weighted by Gasteiger charge is 2.13. The van der Waals surface area contributed by atoms with Crippen LogP contribution in [0.1, 0.15) is 13.8 Å². The van der Waals surface area contributed by atoms with Crippen LogP contribution in [0.5, 0.6) is 17.6 Å². The molecule has 24 heavy (non-hydrogen) atoms. The van der Waals surface area contributed by atoms with Gasteiger partial charge in [0, 0.05) is 0 Å². The second kappa shape index (κ2) is 8.56. The Kier molecular flexibility index (Phi) is 6.18. The molecule has 2 rings (SSSR count). The maximum Gasteiger partial charge on any atom is 0.323 e. The van der Waals surface area contributed by atoms with Gasteiger partial charge < -0.3 is 24.8 Å².